The Balaban J connectivity index is 2.09. The zero-order valence-corrected chi connectivity index (χ0v) is 10.9. The Morgan fingerprint density at radius 1 is 1.59 bits per heavy atom. The highest BCUT2D eigenvalue weighted by molar-refractivity contribution is 5.06. The van der Waals surface area contributed by atoms with Gasteiger partial charge in [0.15, 0.2) is 0 Å². The predicted molar refractivity (Wildman–Crippen MR) is 67.9 cm³/mol. The SMILES string of the molecule is CCNC(c1cn(CC)cn1)C1CCCOC1. The van der Waals surface area contributed by atoms with Gasteiger partial charge in [0.05, 0.1) is 24.7 Å². The van der Waals surface area contributed by atoms with E-state index in [1.54, 1.807) is 0 Å². The summed E-state index contributed by atoms with van der Waals surface area (Å²) in [5.74, 6) is 0.559. The molecular weight excluding hydrogens is 214 g/mol. The Labute approximate surface area is 103 Å². The zero-order chi connectivity index (χ0) is 12.1. The number of aromatic nitrogens is 2. The first kappa shape index (κ1) is 12.6. The molecule has 0 radical (unpaired) electrons. The summed E-state index contributed by atoms with van der Waals surface area (Å²) in [6.45, 7) is 8.01. The lowest BCUT2D eigenvalue weighted by Gasteiger charge is -2.29. The van der Waals surface area contributed by atoms with Crippen molar-refractivity contribution in [3.8, 4) is 0 Å². The van der Waals surface area contributed by atoms with Crippen LogP contribution in [0, 0.1) is 5.92 Å². The van der Waals surface area contributed by atoms with E-state index in [9.17, 15) is 0 Å². The van der Waals surface area contributed by atoms with E-state index in [2.05, 4.69) is 34.9 Å². The summed E-state index contributed by atoms with van der Waals surface area (Å²) in [4.78, 5) is 4.53. The van der Waals surface area contributed by atoms with Crippen LogP contribution in [0.15, 0.2) is 12.5 Å². The number of ether oxygens (including phenoxy) is 1. The molecule has 1 aliphatic rings. The highest BCUT2D eigenvalue weighted by Gasteiger charge is 2.26. The highest BCUT2D eigenvalue weighted by Crippen LogP contribution is 2.27. The van der Waals surface area contributed by atoms with E-state index in [0.29, 0.717) is 12.0 Å². The summed E-state index contributed by atoms with van der Waals surface area (Å²) in [6.07, 6.45) is 6.48. The Morgan fingerprint density at radius 2 is 2.47 bits per heavy atom. The molecule has 0 aromatic carbocycles. The van der Waals surface area contributed by atoms with Crippen molar-refractivity contribution in [3.05, 3.63) is 18.2 Å². The van der Waals surface area contributed by atoms with Crippen LogP contribution in [0.1, 0.15) is 38.4 Å². The third-order valence-corrected chi connectivity index (χ3v) is 3.43. The minimum atomic E-state index is 0.341. The molecule has 0 saturated carbocycles. The fourth-order valence-corrected chi connectivity index (χ4v) is 2.47. The van der Waals surface area contributed by atoms with Crippen molar-refractivity contribution in [3.63, 3.8) is 0 Å². The van der Waals surface area contributed by atoms with Gasteiger partial charge in [0.25, 0.3) is 0 Å². The van der Waals surface area contributed by atoms with E-state index in [4.69, 9.17) is 4.74 Å². The summed E-state index contributed by atoms with van der Waals surface area (Å²) < 4.78 is 7.72. The molecule has 0 aliphatic carbocycles. The fourth-order valence-electron chi connectivity index (χ4n) is 2.47. The molecule has 2 atom stereocenters. The zero-order valence-electron chi connectivity index (χ0n) is 10.9. The van der Waals surface area contributed by atoms with E-state index < -0.39 is 0 Å². The Kier molecular flexibility index (Phi) is 4.57. The average Bonchev–Trinajstić information content (AvgIpc) is 2.85. The normalized spacial score (nSPS) is 22.6. The van der Waals surface area contributed by atoms with Crippen LogP contribution in [0.2, 0.25) is 0 Å². The molecule has 4 heteroatoms. The largest absolute Gasteiger partial charge is 0.381 e. The van der Waals surface area contributed by atoms with Gasteiger partial charge in [-0.25, -0.2) is 4.98 Å². The van der Waals surface area contributed by atoms with Crippen LogP contribution in [-0.2, 0) is 11.3 Å². The van der Waals surface area contributed by atoms with Gasteiger partial charge < -0.3 is 14.6 Å². The first-order valence-electron chi connectivity index (χ1n) is 6.68. The number of hydrogen-bond acceptors (Lipinski definition) is 3. The lowest BCUT2D eigenvalue weighted by atomic mass is 9.92. The molecule has 1 aliphatic heterocycles. The van der Waals surface area contributed by atoms with Crippen LogP contribution < -0.4 is 5.32 Å². The number of imidazole rings is 1. The Hall–Kier alpha value is -0.870. The number of aryl methyl sites for hydroxylation is 1. The van der Waals surface area contributed by atoms with Crippen LogP contribution in [0.5, 0.6) is 0 Å². The lowest BCUT2D eigenvalue weighted by molar-refractivity contribution is 0.0387. The summed E-state index contributed by atoms with van der Waals surface area (Å²) in [6, 6.07) is 0.341. The summed E-state index contributed by atoms with van der Waals surface area (Å²) in [5.41, 5.74) is 1.16. The molecule has 17 heavy (non-hydrogen) atoms. The second kappa shape index (κ2) is 6.17. The van der Waals surface area contributed by atoms with E-state index in [0.717, 1.165) is 32.0 Å². The van der Waals surface area contributed by atoms with Crippen molar-refractivity contribution in [2.24, 2.45) is 5.92 Å². The van der Waals surface area contributed by atoms with Crippen LogP contribution in [0.3, 0.4) is 0 Å². The molecule has 4 nitrogen and oxygen atoms in total. The topological polar surface area (TPSA) is 39.1 Å². The van der Waals surface area contributed by atoms with Crippen molar-refractivity contribution >= 4 is 0 Å². The van der Waals surface area contributed by atoms with Crippen molar-refractivity contribution in [1.82, 2.24) is 14.9 Å². The summed E-state index contributed by atoms with van der Waals surface area (Å²) in [5, 5.41) is 3.55. The Morgan fingerprint density at radius 3 is 3.06 bits per heavy atom. The van der Waals surface area contributed by atoms with Gasteiger partial charge in [-0.05, 0) is 26.3 Å². The molecule has 0 spiro atoms. The summed E-state index contributed by atoms with van der Waals surface area (Å²) >= 11 is 0. The van der Waals surface area contributed by atoms with Crippen LogP contribution in [-0.4, -0.2) is 29.3 Å². The van der Waals surface area contributed by atoms with Crippen LogP contribution in [0.4, 0.5) is 0 Å². The molecule has 2 unspecified atom stereocenters. The molecule has 0 bridgehead atoms. The van der Waals surface area contributed by atoms with Crippen molar-refractivity contribution in [2.45, 2.75) is 39.3 Å². The average molecular weight is 237 g/mol. The first-order valence-corrected chi connectivity index (χ1v) is 6.68. The molecule has 1 saturated heterocycles. The van der Waals surface area contributed by atoms with Gasteiger partial charge >= 0.3 is 0 Å². The maximum Gasteiger partial charge on any atom is 0.0950 e. The number of hydrogen-bond donors (Lipinski definition) is 1. The maximum atomic E-state index is 5.59. The molecule has 2 heterocycles. The maximum absolute atomic E-state index is 5.59. The van der Waals surface area contributed by atoms with Crippen LogP contribution >= 0.6 is 0 Å². The number of nitrogens with zero attached hydrogens (tertiary/aromatic N) is 2. The molecular formula is C13H23N3O. The van der Waals surface area contributed by atoms with Crippen molar-refractivity contribution < 1.29 is 4.74 Å². The molecule has 96 valence electrons. The van der Waals surface area contributed by atoms with Crippen molar-refractivity contribution in [1.29, 1.82) is 0 Å². The molecule has 1 N–H and O–H groups in total. The van der Waals surface area contributed by atoms with E-state index >= 15 is 0 Å². The minimum absolute atomic E-state index is 0.341. The second-order valence-electron chi connectivity index (χ2n) is 4.64. The number of rotatable bonds is 5. The van der Waals surface area contributed by atoms with E-state index in [-0.39, 0.29) is 0 Å². The van der Waals surface area contributed by atoms with Crippen molar-refractivity contribution in [2.75, 3.05) is 19.8 Å². The fraction of sp³-hybridized carbons (Fsp3) is 0.769. The molecule has 2 rings (SSSR count). The second-order valence-corrected chi connectivity index (χ2v) is 4.64. The van der Waals surface area contributed by atoms with Gasteiger partial charge in [-0.2, -0.15) is 0 Å². The van der Waals surface area contributed by atoms with Gasteiger partial charge in [0.2, 0.25) is 0 Å². The molecule has 1 fully saturated rings. The first-order chi connectivity index (χ1) is 8.35. The molecule has 1 aromatic rings. The standard InChI is InChI=1S/C13H23N3O/c1-3-14-13(11-6-5-7-17-9-11)12-8-16(4-2)10-15-12/h8,10-11,13-14H,3-7,9H2,1-2H3. The van der Waals surface area contributed by atoms with Crippen LogP contribution in [0.25, 0.3) is 0 Å². The van der Waals surface area contributed by atoms with E-state index in [1.807, 2.05) is 6.33 Å². The smallest absolute Gasteiger partial charge is 0.0950 e. The quantitative estimate of drug-likeness (QED) is 0.851. The highest BCUT2D eigenvalue weighted by atomic mass is 16.5. The van der Waals surface area contributed by atoms with Gasteiger partial charge in [-0.3, -0.25) is 0 Å². The third-order valence-electron chi connectivity index (χ3n) is 3.43. The third kappa shape index (κ3) is 3.07. The van der Waals surface area contributed by atoms with Gasteiger partial charge in [-0.15, -0.1) is 0 Å². The lowest BCUT2D eigenvalue weighted by Crippen LogP contribution is -2.33. The van der Waals surface area contributed by atoms with Gasteiger partial charge in [0.1, 0.15) is 0 Å². The molecule has 0 amide bonds. The van der Waals surface area contributed by atoms with Gasteiger partial charge in [-0.1, -0.05) is 6.92 Å². The molecule has 1 aromatic heterocycles. The minimum Gasteiger partial charge on any atom is -0.381 e. The van der Waals surface area contributed by atoms with E-state index in [1.165, 1.54) is 12.8 Å². The summed E-state index contributed by atoms with van der Waals surface area (Å²) in [7, 11) is 0. The Bertz CT molecular complexity index is 331. The monoisotopic (exact) mass is 237 g/mol. The number of nitrogens with one attached hydrogen (secondary N) is 1. The van der Waals surface area contributed by atoms with Gasteiger partial charge in [0, 0.05) is 25.3 Å². The predicted octanol–water partition coefficient (Wildman–Crippen LogP) is 1.98.